The predicted octanol–water partition coefficient (Wildman–Crippen LogP) is 4.29. The van der Waals surface area contributed by atoms with Crippen LogP contribution in [0.25, 0.3) is 0 Å². The number of carbonyl (C=O) groups is 2. The number of carbonyl (C=O) groups excluding carboxylic acids is 2. The van der Waals surface area contributed by atoms with Crippen LogP contribution in [-0.2, 0) is 20.7 Å². The van der Waals surface area contributed by atoms with Crippen molar-refractivity contribution in [3.63, 3.8) is 0 Å². The summed E-state index contributed by atoms with van der Waals surface area (Å²) in [4.78, 5) is 24.6. The number of aryl methyl sites for hydroxylation is 1. The van der Waals surface area contributed by atoms with E-state index in [1.165, 1.54) is 11.8 Å². The molecule has 0 heterocycles. The van der Waals surface area contributed by atoms with E-state index in [9.17, 15) is 9.59 Å². The van der Waals surface area contributed by atoms with Gasteiger partial charge in [0.15, 0.2) is 6.61 Å². The summed E-state index contributed by atoms with van der Waals surface area (Å²) in [5.41, 5.74) is 1.80. The Kier molecular flexibility index (Phi) is 7.34. The average Bonchev–Trinajstić information content (AvgIpc) is 2.60. The molecule has 2 aromatic carbocycles. The largest absolute Gasteiger partial charge is 0.455 e. The number of anilines is 1. The van der Waals surface area contributed by atoms with Gasteiger partial charge in [-0.15, -0.1) is 11.8 Å². The van der Waals surface area contributed by atoms with Crippen molar-refractivity contribution in [2.75, 3.05) is 17.7 Å². The molecular formula is C18H18BrNO3S. The summed E-state index contributed by atoms with van der Waals surface area (Å²) in [6.07, 6.45) is 0.820. The van der Waals surface area contributed by atoms with E-state index in [4.69, 9.17) is 4.74 Å². The van der Waals surface area contributed by atoms with Gasteiger partial charge in [0, 0.05) is 15.1 Å². The smallest absolute Gasteiger partial charge is 0.316 e. The SMILES string of the molecule is CCc1ccccc1NC(=O)COC(=O)CSc1ccc(Br)cc1. The van der Waals surface area contributed by atoms with Gasteiger partial charge in [-0.3, -0.25) is 9.59 Å². The number of para-hydroxylation sites is 1. The lowest BCUT2D eigenvalue weighted by Crippen LogP contribution is -2.22. The molecule has 0 saturated carbocycles. The van der Waals surface area contributed by atoms with Crippen molar-refractivity contribution >= 4 is 45.3 Å². The number of amides is 1. The fraction of sp³-hybridized carbons (Fsp3) is 0.222. The molecule has 0 aliphatic rings. The highest BCUT2D eigenvalue weighted by molar-refractivity contribution is 9.10. The van der Waals surface area contributed by atoms with Crippen molar-refractivity contribution in [3.8, 4) is 0 Å². The summed E-state index contributed by atoms with van der Waals surface area (Å²) in [5.74, 6) is -0.583. The van der Waals surface area contributed by atoms with Crippen molar-refractivity contribution in [1.82, 2.24) is 0 Å². The van der Waals surface area contributed by atoms with Crippen LogP contribution in [0.15, 0.2) is 57.9 Å². The van der Waals surface area contributed by atoms with Crippen LogP contribution in [0.1, 0.15) is 12.5 Å². The zero-order valence-corrected chi connectivity index (χ0v) is 15.7. The third-order valence-corrected chi connectivity index (χ3v) is 4.72. The number of nitrogens with one attached hydrogen (secondary N) is 1. The van der Waals surface area contributed by atoms with Crippen LogP contribution in [0.2, 0.25) is 0 Å². The molecule has 2 rings (SSSR count). The molecule has 1 N–H and O–H groups in total. The number of ether oxygens (including phenoxy) is 1. The van der Waals surface area contributed by atoms with Gasteiger partial charge in [0.1, 0.15) is 0 Å². The number of hydrogen-bond donors (Lipinski definition) is 1. The van der Waals surface area contributed by atoms with Crippen molar-refractivity contribution in [2.45, 2.75) is 18.2 Å². The third-order valence-electron chi connectivity index (χ3n) is 3.21. The Morgan fingerprint density at radius 1 is 1.12 bits per heavy atom. The van der Waals surface area contributed by atoms with E-state index in [0.29, 0.717) is 0 Å². The Hall–Kier alpha value is -1.79. The summed E-state index contributed by atoms with van der Waals surface area (Å²) in [6.45, 7) is 1.74. The Morgan fingerprint density at radius 3 is 2.54 bits per heavy atom. The lowest BCUT2D eigenvalue weighted by Gasteiger charge is -2.10. The van der Waals surface area contributed by atoms with E-state index in [-0.39, 0.29) is 18.3 Å². The summed E-state index contributed by atoms with van der Waals surface area (Å²) >= 11 is 4.73. The first-order valence-corrected chi connectivity index (χ1v) is 9.28. The molecule has 0 radical (unpaired) electrons. The summed E-state index contributed by atoms with van der Waals surface area (Å²) in [7, 11) is 0. The van der Waals surface area contributed by atoms with Gasteiger partial charge >= 0.3 is 5.97 Å². The molecule has 2 aromatic rings. The maximum Gasteiger partial charge on any atom is 0.316 e. The Labute approximate surface area is 154 Å². The number of benzene rings is 2. The molecule has 126 valence electrons. The van der Waals surface area contributed by atoms with Gasteiger partial charge < -0.3 is 10.1 Å². The van der Waals surface area contributed by atoms with Crippen LogP contribution < -0.4 is 5.32 Å². The highest BCUT2D eigenvalue weighted by Crippen LogP contribution is 2.20. The standard InChI is InChI=1S/C18H18BrNO3S/c1-2-13-5-3-4-6-16(13)20-17(21)11-23-18(22)12-24-15-9-7-14(19)8-10-15/h3-10H,2,11-12H2,1H3,(H,20,21). The average molecular weight is 408 g/mol. The van der Waals surface area contributed by atoms with E-state index in [1.54, 1.807) is 0 Å². The number of halogens is 1. The molecule has 0 fully saturated rings. The van der Waals surface area contributed by atoms with Crippen molar-refractivity contribution in [3.05, 3.63) is 58.6 Å². The minimum absolute atomic E-state index is 0.167. The maximum atomic E-state index is 11.9. The highest BCUT2D eigenvalue weighted by atomic mass is 79.9. The predicted molar refractivity (Wildman–Crippen MR) is 100 cm³/mol. The maximum absolute atomic E-state index is 11.9. The number of hydrogen-bond acceptors (Lipinski definition) is 4. The first-order valence-electron chi connectivity index (χ1n) is 7.50. The second kappa shape index (κ2) is 9.49. The Morgan fingerprint density at radius 2 is 1.83 bits per heavy atom. The van der Waals surface area contributed by atoms with Crippen LogP contribution in [0.5, 0.6) is 0 Å². The molecule has 24 heavy (non-hydrogen) atoms. The molecule has 6 heteroatoms. The molecule has 0 spiro atoms. The zero-order chi connectivity index (χ0) is 17.4. The summed E-state index contributed by atoms with van der Waals surface area (Å²) < 4.78 is 6.00. The van der Waals surface area contributed by atoms with Gasteiger partial charge in [0.05, 0.1) is 5.75 Å². The lowest BCUT2D eigenvalue weighted by molar-refractivity contribution is -0.144. The fourth-order valence-electron chi connectivity index (χ4n) is 2.00. The molecule has 0 bridgehead atoms. The lowest BCUT2D eigenvalue weighted by atomic mass is 10.1. The van der Waals surface area contributed by atoms with E-state index >= 15 is 0 Å². The second-order valence-corrected chi connectivity index (χ2v) is 6.93. The monoisotopic (exact) mass is 407 g/mol. The molecule has 0 aromatic heterocycles. The van der Waals surface area contributed by atoms with Crippen molar-refractivity contribution in [2.24, 2.45) is 0 Å². The minimum atomic E-state index is -0.415. The quantitative estimate of drug-likeness (QED) is 0.549. The van der Waals surface area contributed by atoms with Gasteiger partial charge in [0.25, 0.3) is 5.91 Å². The van der Waals surface area contributed by atoms with Crippen molar-refractivity contribution in [1.29, 1.82) is 0 Å². The van der Waals surface area contributed by atoms with Crippen LogP contribution in [0.3, 0.4) is 0 Å². The molecule has 0 aliphatic carbocycles. The molecule has 4 nitrogen and oxygen atoms in total. The van der Waals surface area contributed by atoms with Gasteiger partial charge in [-0.2, -0.15) is 0 Å². The van der Waals surface area contributed by atoms with Gasteiger partial charge in [-0.25, -0.2) is 0 Å². The first kappa shape index (κ1) is 18.5. The first-order chi connectivity index (χ1) is 11.6. The fourth-order valence-corrected chi connectivity index (χ4v) is 2.96. The van der Waals surface area contributed by atoms with Crippen LogP contribution in [0.4, 0.5) is 5.69 Å². The molecule has 0 atom stereocenters. The van der Waals surface area contributed by atoms with E-state index in [1.807, 2.05) is 55.5 Å². The molecular weight excluding hydrogens is 390 g/mol. The zero-order valence-electron chi connectivity index (χ0n) is 13.3. The highest BCUT2D eigenvalue weighted by Gasteiger charge is 2.10. The third kappa shape index (κ3) is 6.02. The number of thioether (sulfide) groups is 1. The Bertz CT molecular complexity index is 704. The molecule has 1 amide bonds. The van der Waals surface area contributed by atoms with E-state index in [2.05, 4.69) is 21.2 Å². The van der Waals surface area contributed by atoms with Crippen molar-refractivity contribution < 1.29 is 14.3 Å². The van der Waals surface area contributed by atoms with E-state index in [0.717, 1.165) is 27.0 Å². The Balaban J connectivity index is 1.74. The van der Waals surface area contributed by atoms with Gasteiger partial charge in [-0.1, -0.05) is 41.1 Å². The van der Waals surface area contributed by atoms with Gasteiger partial charge in [-0.05, 0) is 42.3 Å². The van der Waals surface area contributed by atoms with Gasteiger partial charge in [0.2, 0.25) is 0 Å². The van der Waals surface area contributed by atoms with Crippen LogP contribution in [-0.4, -0.2) is 24.2 Å². The molecule has 0 unspecified atom stereocenters. The summed E-state index contributed by atoms with van der Waals surface area (Å²) in [5, 5.41) is 2.77. The summed E-state index contributed by atoms with van der Waals surface area (Å²) in [6, 6.07) is 15.2. The van der Waals surface area contributed by atoms with Crippen LogP contribution in [0, 0.1) is 0 Å². The normalized spacial score (nSPS) is 10.2. The number of rotatable bonds is 7. The van der Waals surface area contributed by atoms with Crippen LogP contribution >= 0.6 is 27.7 Å². The second-order valence-electron chi connectivity index (χ2n) is 4.96. The number of esters is 1. The van der Waals surface area contributed by atoms with E-state index < -0.39 is 5.97 Å². The minimum Gasteiger partial charge on any atom is -0.455 e. The molecule has 0 aliphatic heterocycles. The topological polar surface area (TPSA) is 55.4 Å². The molecule has 0 saturated heterocycles.